The number of likely N-dealkylation sites (tertiary alicyclic amines) is 1. The highest BCUT2D eigenvalue weighted by atomic mass is 32.2. The molecule has 0 aliphatic carbocycles. The highest BCUT2D eigenvalue weighted by Crippen LogP contribution is 2.33. The molecule has 12 nitrogen and oxygen atoms in total. The Labute approximate surface area is 231 Å². The molecular formula is C27H30N6O6S. The summed E-state index contributed by atoms with van der Waals surface area (Å²) in [5.41, 5.74) is 1.26. The number of ketones is 1. The summed E-state index contributed by atoms with van der Waals surface area (Å²) in [7, 11) is -4.00. The van der Waals surface area contributed by atoms with E-state index in [4.69, 9.17) is 0 Å². The van der Waals surface area contributed by atoms with Crippen LogP contribution in [-0.4, -0.2) is 76.0 Å². The molecule has 4 heterocycles. The van der Waals surface area contributed by atoms with Crippen LogP contribution in [-0.2, 0) is 25.4 Å². The number of amides is 2. The molecule has 0 spiro atoms. The molecule has 1 aromatic carbocycles. The fraction of sp³-hybridized carbons (Fsp3) is 0.370. The van der Waals surface area contributed by atoms with Gasteiger partial charge in [0.15, 0.2) is 17.7 Å². The van der Waals surface area contributed by atoms with Crippen molar-refractivity contribution in [1.82, 2.24) is 24.1 Å². The predicted octanol–water partition coefficient (Wildman–Crippen LogP) is 0.788. The van der Waals surface area contributed by atoms with Crippen LogP contribution in [0.5, 0.6) is 0 Å². The third-order valence-electron chi connectivity index (χ3n) is 7.37. The van der Waals surface area contributed by atoms with Crippen molar-refractivity contribution < 1.29 is 27.5 Å². The van der Waals surface area contributed by atoms with Crippen molar-refractivity contribution in [3.05, 3.63) is 83.8 Å². The average Bonchev–Trinajstić information content (AvgIpc) is 3.69. The highest BCUT2D eigenvalue weighted by Gasteiger charge is 2.54. The highest BCUT2D eigenvalue weighted by molar-refractivity contribution is 7.88. The van der Waals surface area contributed by atoms with E-state index < -0.39 is 45.7 Å². The zero-order valence-corrected chi connectivity index (χ0v) is 22.7. The molecule has 3 atom stereocenters. The number of sulfonamides is 1. The maximum absolute atomic E-state index is 13.6. The first-order valence-electron chi connectivity index (χ1n) is 13.1. The Morgan fingerprint density at radius 2 is 1.98 bits per heavy atom. The van der Waals surface area contributed by atoms with Crippen molar-refractivity contribution >= 4 is 27.6 Å². The summed E-state index contributed by atoms with van der Waals surface area (Å²) >= 11 is 0. The molecular weight excluding hydrogens is 536 g/mol. The molecule has 3 aromatic rings. The van der Waals surface area contributed by atoms with Crippen LogP contribution in [0.4, 0.5) is 0 Å². The lowest BCUT2D eigenvalue weighted by Gasteiger charge is -2.28. The minimum Gasteiger partial charge on any atom is -0.618 e. The van der Waals surface area contributed by atoms with Crippen molar-refractivity contribution in [3.8, 4) is 5.69 Å². The number of hydrogen-bond donors (Lipinski definition) is 1. The topological polar surface area (TPSA) is 149 Å². The quantitative estimate of drug-likeness (QED) is 0.297. The number of carbonyl (C=O) groups is 3. The summed E-state index contributed by atoms with van der Waals surface area (Å²) in [6.45, 7) is 1.72. The van der Waals surface area contributed by atoms with E-state index in [1.807, 2.05) is 6.92 Å². The number of carbonyl (C=O) groups excluding carboxylic acids is 3. The van der Waals surface area contributed by atoms with E-state index in [0.29, 0.717) is 23.1 Å². The van der Waals surface area contributed by atoms with Crippen LogP contribution in [0, 0.1) is 5.21 Å². The van der Waals surface area contributed by atoms with Crippen LogP contribution >= 0.6 is 0 Å². The molecule has 1 N–H and O–H groups in total. The SMILES string of the molecule is CCCC(NC(=O)c1ccc(-n2ccnc2)cc1)C(=O)N1CCC2C1C(=O)CN2S(=O)(=O)Cc1cccc[n+]1[O-]. The normalized spacial score (nSPS) is 19.9. The first kappa shape index (κ1) is 27.5. The van der Waals surface area contributed by atoms with Gasteiger partial charge in [-0.25, -0.2) is 13.4 Å². The van der Waals surface area contributed by atoms with E-state index in [-0.39, 0.29) is 31.0 Å². The first-order valence-corrected chi connectivity index (χ1v) is 14.7. The molecule has 0 radical (unpaired) electrons. The van der Waals surface area contributed by atoms with Gasteiger partial charge in [0.1, 0.15) is 12.1 Å². The second-order valence-corrected chi connectivity index (χ2v) is 11.9. The number of nitrogens with one attached hydrogen (secondary N) is 1. The monoisotopic (exact) mass is 566 g/mol. The number of imidazole rings is 1. The number of benzene rings is 1. The van der Waals surface area contributed by atoms with Crippen molar-refractivity contribution in [2.24, 2.45) is 0 Å². The van der Waals surface area contributed by atoms with E-state index >= 15 is 0 Å². The number of Topliss-reactive ketones (excluding diaryl/α,β-unsaturated/α-hetero) is 1. The van der Waals surface area contributed by atoms with Gasteiger partial charge in [-0.3, -0.25) is 14.4 Å². The predicted molar refractivity (Wildman–Crippen MR) is 143 cm³/mol. The van der Waals surface area contributed by atoms with E-state index in [1.54, 1.807) is 53.6 Å². The third kappa shape index (κ3) is 5.34. The molecule has 40 heavy (non-hydrogen) atoms. The standard InChI is InChI=1S/C27H30N6O6S/c1-2-5-22(29-26(35)19-7-9-20(10-8-19)30-15-12-28-18-30)27(36)31-14-11-23-25(31)24(34)16-33(23)40(38,39)17-21-6-3-4-13-32(21)37/h3-4,6-10,12-13,15,18,22-23,25H,2,5,11,14,16-17H2,1H3,(H,29,35). The molecule has 2 aliphatic heterocycles. The smallest absolute Gasteiger partial charge is 0.251 e. The molecule has 2 fully saturated rings. The van der Waals surface area contributed by atoms with Gasteiger partial charge in [-0.2, -0.15) is 9.04 Å². The Hall–Kier alpha value is -4.10. The van der Waals surface area contributed by atoms with E-state index in [0.717, 1.165) is 9.99 Å². The van der Waals surface area contributed by atoms with Gasteiger partial charge in [0, 0.05) is 42.3 Å². The molecule has 3 unspecified atom stereocenters. The van der Waals surface area contributed by atoms with Gasteiger partial charge in [-0.1, -0.05) is 13.3 Å². The number of aromatic nitrogens is 3. The fourth-order valence-corrected chi connectivity index (χ4v) is 7.13. The van der Waals surface area contributed by atoms with Crippen molar-refractivity contribution in [2.75, 3.05) is 13.1 Å². The maximum atomic E-state index is 13.6. The largest absolute Gasteiger partial charge is 0.618 e. The second-order valence-electron chi connectivity index (χ2n) is 9.95. The molecule has 13 heteroatoms. The van der Waals surface area contributed by atoms with Gasteiger partial charge in [-0.15, -0.1) is 0 Å². The lowest BCUT2D eigenvalue weighted by atomic mass is 10.1. The lowest BCUT2D eigenvalue weighted by Crippen LogP contribution is -2.52. The average molecular weight is 567 g/mol. The van der Waals surface area contributed by atoms with Gasteiger partial charge < -0.3 is 20.0 Å². The number of fused-ring (bicyclic) bond motifs is 1. The Kier molecular flexibility index (Phi) is 7.68. The summed E-state index contributed by atoms with van der Waals surface area (Å²) in [6, 6.07) is 8.85. The molecule has 0 saturated carbocycles. The van der Waals surface area contributed by atoms with E-state index in [1.165, 1.54) is 23.2 Å². The van der Waals surface area contributed by atoms with Gasteiger partial charge in [0.25, 0.3) is 5.91 Å². The Balaban J connectivity index is 1.29. The van der Waals surface area contributed by atoms with Crippen molar-refractivity contribution in [1.29, 1.82) is 0 Å². The minimum absolute atomic E-state index is 0.0492. The second kappa shape index (κ2) is 11.2. The molecule has 2 aliphatic rings. The van der Waals surface area contributed by atoms with Gasteiger partial charge in [0.05, 0.1) is 18.9 Å². The molecule has 2 aromatic heterocycles. The van der Waals surface area contributed by atoms with E-state index in [9.17, 15) is 28.0 Å². The molecule has 210 valence electrons. The Morgan fingerprint density at radius 1 is 1.20 bits per heavy atom. The van der Waals surface area contributed by atoms with E-state index in [2.05, 4.69) is 10.3 Å². The number of pyridine rings is 1. The fourth-order valence-electron chi connectivity index (χ4n) is 5.41. The maximum Gasteiger partial charge on any atom is 0.251 e. The van der Waals surface area contributed by atoms with Gasteiger partial charge >= 0.3 is 0 Å². The number of rotatable bonds is 9. The summed E-state index contributed by atoms with van der Waals surface area (Å²) in [5, 5.41) is 14.8. The summed E-state index contributed by atoms with van der Waals surface area (Å²) in [6.07, 6.45) is 7.56. The van der Waals surface area contributed by atoms with Crippen LogP contribution < -0.4 is 10.0 Å². The minimum atomic E-state index is -4.00. The van der Waals surface area contributed by atoms with Crippen LogP contribution in [0.2, 0.25) is 0 Å². The first-order chi connectivity index (χ1) is 19.2. The van der Waals surface area contributed by atoms with Crippen LogP contribution in [0.15, 0.2) is 67.4 Å². The van der Waals surface area contributed by atoms with Crippen LogP contribution in [0.1, 0.15) is 42.2 Å². The Morgan fingerprint density at radius 3 is 2.65 bits per heavy atom. The summed E-state index contributed by atoms with van der Waals surface area (Å²) < 4.78 is 29.8. The Bertz CT molecular complexity index is 1510. The zero-order valence-electron chi connectivity index (χ0n) is 21.9. The van der Waals surface area contributed by atoms with Gasteiger partial charge in [-0.05, 0) is 43.2 Å². The number of nitrogens with zero attached hydrogens (tertiary/aromatic N) is 5. The molecule has 5 rings (SSSR count). The molecule has 0 bridgehead atoms. The molecule has 2 amide bonds. The molecule has 2 saturated heterocycles. The van der Waals surface area contributed by atoms with Crippen molar-refractivity contribution in [3.63, 3.8) is 0 Å². The van der Waals surface area contributed by atoms with Crippen LogP contribution in [0.25, 0.3) is 5.69 Å². The van der Waals surface area contributed by atoms with Gasteiger partial charge in [0.2, 0.25) is 21.6 Å². The summed E-state index contributed by atoms with van der Waals surface area (Å²) in [5.74, 6) is -1.75. The van der Waals surface area contributed by atoms with Crippen molar-refractivity contribution in [2.45, 2.75) is 50.1 Å². The van der Waals surface area contributed by atoms with Crippen LogP contribution in [0.3, 0.4) is 0 Å². The third-order valence-corrected chi connectivity index (χ3v) is 9.14. The lowest BCUT2D eigenvalue weighted by molar-refractivity contribution is -0.612. The summed E-state index contributed by atoms with van der Waals surface area (Å²) in [4.78, 5) is 45.1. The zero-order chi connectivity index (χ0) is 28.4. The number of hydrogen-bond acceptors (Lipinski definition) is 7.